The molecule has 0 radical (unpaired) electrons. The van der Waals surface area contributed by atoms with E-state index in [4.69, 9.17) is 5.11 Å². The molecule has 0 saturated carbocycles. The molecule has 0 atom stereocenters. The van der Waals surface area contributed by atoms with E-state index in [0.717, 1.165) is 7.11 Å². The van der Waals surface area contributed by atoms with Crippen LogP contribution < -0.4 is 4.74 Å². The van der Waals surface area contributed by atoms with Crippen LogP contribution in [0.3, 0.4) is 0 Å². The fourth-order valence-corrected chi connectivity index (χ4v) is 1.07. The Balaban J connectivity index is 3.35. The molecule has 1 aromatic rings. The molecular weight excluding hydrogens is 213 g/mol. The highest BCUT2D eigenvalue weighted by molar-refractivity contribution is 5.91. The third-order valence-electron chi connectivity index (χ3n) is 1.78. The lowest BCUT2D eigenvalue weighted by Gasteiger charge is -2.08. The van der Waals surface area contributed by atoms with E-state index < -0.39 is 29.3 Å². The van der Waals surface area contributed by atoms with Gasteiger partial charge in [-0.25, -0.2) is 18.0 Å². The minimum atomic E-state index is -3.01. The topological polar surface area (TPSA) is 46.5 Å². The smallest absolute Gasteiger partial charge is 0.339 e. The Kier molecular flexibility index (Phi) is 3.18. The molecule has 0 heterocycles. The van der Waals surface area contributed by atoms with Gasteiger partial charge in [0.15, 0.2) is 0 Å². The molecule has 0 aromatic heterocycles. The van der Waals surface area contributed by atoms with Gasteiger partial charge >= 0.3 is 5.97 Å². The van der Waals surface area contributed by atoms with Gasteiger partial charge in [-0.3, -0.25) is 0 Å². The Morgan fingerprint density at radius 3 is 2.47 bits per heavy atom. The molecule has 0 saturated heterocycles. The zero-order valence-corrected chi connectivity index (χ0v) is 7.63. The number of hydrogen-bond acceptors (Lipinski definition) is 2. The summed E-state index contributed by atoms with van der Waals surface area (Å²) in [6.45, 7) is 0. The maximum Gasteiger partial charge on any atom is 0.339 e. The van der Waals surface area contributed by atoms with Gasteiger partial charge in [-0.1, -0.05) is 0 Å². The number of aromatic carboxylic acids is 1. The Labute approximate surface area is 83.1 Å². The molecule has 0 unspecified atom stereocenters. The molecule has 0 fully saturated rings. The van der Waals surface area contributed by atoms with Gasteiger partial charge in [-0.2, -0.15) is 0 Å². The second kappa shape index (κ2) is 4.20. The van der Waals surface area contributed by atoms with Crippen molar-refractivity contribution in [1.29, 1.82) is 0 Å². The summed E-state index contributed by atoms with van der Waals surface area (Å²) >= 11 is 0. The van der Waals surface area contributed by atoms with Crippen molar-refractivity contribution in [3.8, 4) is 5.75 Å². The van der Waals surface area contributed by atoms with Gasteiger partial charge in [0.05, 0.1) is 12.7 Å². The number of alkyl halides is 2. The fraction of sp³-hybridized carbons (Fsp3) is 0.222. The minimum absolute atomic E-state index is 0.292. The molecule has 1 rings (SSSR count). The molecule has 6 heteroatoms. The summed E-state index contributed by atoms with van der Waals surface area (Å²) in [6.07, 6.45) is -3.01. The van der Waals surface area contributed by atoms with Crippen molar-refractivity contribution in [1.82, 2.24) is 0 Å². The summed E-state index contributed by atoms with van der Waals surface area (Å²) < 4.78 is 42.0. The van der Waals surface area contributed by atoms with Gasteiger partial charge < -0.3 is 9.84 Å². The minimum Gasteiger partial charge on any atom is -0.496 e. The first-order chi connectivity index (χ1) is 6.97. The van der Waals surface area contributed by atoms with Gasteiger partial charge in [-0.15, -0.1) is 0 Å². The van der Waals surface area contributed by atoms with E-state index in [1.807, 2.05) is 0 Å². The first kappa shape index (κ1) is 11.4. The lowest BCUT2D eigenvalue weighted by atomic mass is 10.1. The van der Waals surface area contributed by atoms with Gasteiger partial charge in [0.1, 0.15) is 17.1 Å². The SMILES string of the molecule is COc1cc(C(F)F)c(F)cc1C(=O)O. The number of benzene rings is 1. The Bertz CT molecular complexity index is 390. The fourth-order valence-electron chi connectivity index (χ4n) is 1.07. The third-order valence-corrected chi connectivity index (χ3v) is 1.78. The van der Waals surface area contributed by atoms with Crippen LogP contribution in [0.15, 0.2) is 12.1 Å². The van der Waals surface area contributed by atoms with Crippen molar-refractivity contribution < 1.29 is 27.8 Å². The van der Waals surface area contributed by atoms with Crippen LogP contribution in [0.5, 0.6) is 5.75 Å². The van der Waals surface area contributed by atoms with Crippen molar-refractivity contribution >= 4 is 5.97 Å². The summed E-state index contributed by atoms with van der Waals surface area (Å²) in [5.41, 5.74) is -1.36. The zero-order valence-electron chi connectivity index (χ0n) is 7.63. The van der Waals surface area contributed by atoms with Crippen LogP contribution in [0.1, 0.15) is 22.3 Å². The number of halogens is 3. The van der Waals surface area contributed by atoms with Gasteiger partial charge in [0, 0.05) is 0 Å². The van der Waals surface area contributed by atoms with E-state index >= 15 is 0 Å². The van der Waals surface area contributed by atoms with E-state index in [2.05, 4.69) is 4.74 Å². The number of carboxylic acids is 1. The molecule has 82 valence electrons. The molecule has 0 bridgehead atoms. The number of ether oxygens (including phenoxy) is 1. The van der Waals surface area contributed by atoms with Crippen LogP contribution in [0.2, 0.25) is 0 Å². The number of carbonyl (C=O) groups is 1. The molecule has 1 N–H and O–H groups in total. The highest BCUT2D eigenvalue weighted by atomic mass is 19.3. The van der Waals surface area contributed by atoms with E-state index in [0.29, 0.717) is 12.1 Å². The van der Waals surface area contributed by atoms with E-state index in [9.17, 15) is 18.0 Å². The quantitative estimate of drug-likeness (QED) is 0.851. The number of carboxylic acid groups (broad SMARTS) is 1. The van der Waals surface area contributed by atoms with Crippen LogP contribution in [-0.4, -0.2) is 18.2 Å². The van der Waals surface area contributed by atoms with Crippen molar-refractivity contribution in [2.45, 2.75) is 6.43 Å². The van der Waals surface area contributed by atoms with Crippen LogP contribution in [-0.2, 0) is 0 Å². The Hall–Kier alpha value is -1.72. The maximum absolute atomic E-state index is 13.0. The number of hydrogen-bond donors (Lipinski definition) is 1. The molecule has 0 aliphatic rings. The van der Waals surface area contributed by atoms with Crippen molar-refractivity contribution in [2.24, 2.45) is 0 Å². The number of rotatable bonds is 3. The molecule has 0 aliphatic heterocycles. The third kappa shape index (κ3) is 2.20. The largest absolute Gasteiger partial charge is 0.496 e. The average molecular weight is 220 g/mol. The highest BCUT2D eigenvalue weighted by Gasteiger charge is 2.20. The predicted molar refractivity (Wildman–Crippen MR) is 44.9 cm³/mol. The van der Waals surface area contributed by atoms with Crippen molar-refractivity contribution in [2.75, 3.05) is 7.11 Å². The zero-order chi connectivity index (χ0) is 11.6. The monoisotopic (exact) mass is 220 g/mol. The predicted octanol–water partition coefficient (Wildman–Crippen LogP) is 2.47. The first-order valence-electron chi connectivity index (χ1n) is 3.86. The maximum atomic E-state index is 13.0. The van der Waals surface area contributed by atoms with E-state index in [-0.39, 0.29) is 5.75 Å². The molecule has 0 spiro atoms. The van der Waals surface area contributed by atoms with Crippen LogP contribution in [0, 0.1) is 5.82 Å². The van der Waals surface area contributed by atoms with Crippen molar-refractivity contribution in [3.63, 3.8) is 0 Å². The van der Waals surface area contributed by atoms with Crippen LogP contribution in [0.25, 0.3) is 0 Å². The van der Waals surface area contributed by atoms with E-state index in [1.54, 1.807) is 0 Å². The highest BCUT2D eigenvalue weighted by Crippen LogP contribution is 2.29. The average Bonchev–Trinajstić information content (AvgIpc) is 2.16. The second-order valence-electron chi connectivity index (χ2n) is 2.68. The van der Waals surface area contributed by atoms with Crippen molar-refractivity contribution in [3.05, 3.63) is 29.1 Å². The summed E-state index contributed by atoms with van der Waals surface area (Å²) in [5, 5.41) is 8.62. The summed E-state index contributed by atoms with van der Waals surface area (Å²) in [4.78, 5) is 10.6. The molecular formula is C9H7F3O3. The standard InChI is InChI=1S/C9H7F3O3/c1-15-7-3-4(8(11)12)6(10)2-5(7)9(13)14/h2-3,8H,1H3,(H,13,14). The van der Waals surface area contributed by atoms with Crippen LogP contribution in [0.4, 0.5) is 13.2 Å². The molecule has 1 aromatic carbocycles. The second-order valence-corrected chi connectivity index (χ2v) is 2.68. The Morgan fingerprint density at radius 1 is 1.47 bits per heavy atom. The van der Waals surface area contributed by atoms with Gasteiger partial charge in [0.25, 0.3) is 6.43 Å². The molecule has 0 amide bonds. The number of methoxy groups -OCH3 is 1. The van der Waals surface area contributed by atoms with Crippen LogP contribution >= 0.6 is 0 Å². The molecule has 3 nitrogen and oxygen atoms in total. The lowest BCUT2D eigenvalue weighted by Crippen LogP contribution is -2.03. The first-order valence-corrected chi connectivity index (χ1v) is 3.86. The summed E-state index contributed by atoms with van der Waals surface area (Å²) in [5.74, 6) is -2.99. The van der Waals surface area contributed by atoms with Gasteiger partial charge in [-0.05, 0) is 12.1 Å². The van der Waals surface area contributed by atoms with Gasteiger partial charge in [0.2, 0.25) is 0 Å². The molecule has 15 heavy (non-hydrogen) atoms. The summed E-state index contributed by atoms with van der Waals surface area (Å²) in [6, 6.07) is 1.20. The molecule has 0 aliphatic carbocycles. The van der Waals surface area contributed by atoms with E-state index in [1.165, 1.54) is 0 Å². The lowest BCUT2D eigenvalue weighted by molar-refractivity contribution is 0.0691. The summed E-state index contributed by atoms with van der Waals surface area (Å²) in [7, 11) is 1.12. The normalized spacial score (nSPS) is 10.5. The Morgan fingerprint density at radius 2 is 2.07 bits per heavy atom.